The van der Waals surface area contributed by atoms with Crippen molar-refractivity contribution in [2.24, 2.45) is 5.92 Å². The van der Waals surface area contributed by atoms with Gasteiger partial charge in [-0.25, -0.2) is 0 Å². The summed E-state index contributed by atoms with van der Waals surface area (Å²) in [6.07, 6.45) is 2.07. The lowest BCUT2D eigenvalue weighted by Crippen LogP contribution is -2.45. The van der Waals surface area contributed by atoms with Crippen molar-refractivity contribution >= 4 is 0 Å². The molecular weight excluding hydrogens is 198 g/mol. The molecule has 0 aliphatic rings. The summed E-state index contributed by atoms with van der Waals surface area (Å²) in [6, 6.07) is 2.77. The highest BCUT2D eigenvalue weighted by molar-refractivity contribution is 5.04. The highest BCUT2D eigenvalue weighted by Crippen LogP contribution is 2.15. The van der Waals surface area contributed by atoms with E-state index in [9.17, 15) is 0 Å². The summed E-state index contributed by atoms with van der Waals surface area (Å²) in [5, 5.41) is 12.2. The first kappa shape index (κ1) is 15.4. The third-order valence-electron chi connectivity index (χ3n) is 3.31. The largest absolute Gasteiger partial charge is 0.304 e. The predicted molar refractivity (Wildman–Crippen MR) is 69.2 cm³/mol. The van der Waals surface area contributed by atoms with Crippen LogP contribution in [0.1, 0.15) is 40.5 Å². The Morgan fingerprint density at radius 1 is 1.38 bits per heavy atom. The second kappa shape index (κ2) is 6.88. The molecule has 0 radical (unpaired) electrons. The fourth-order valence-electron chi connectivity index (χ4n) is 1.63. The smallest absolute Gasteiger partial charge is 0.105 e. The lowest BCUT2D eigenvalue weighted by atomic mass is 9.94. The van der Waals surface area contributed by atoms with Gasteiger partial charge in [0.25, 0.3) is 0 Å². The summed E-state index contributed by atoms with van der Waals surface area (Å²) < 4.78 is 0. The molecule has 0 aliphatic heterocycles. The zero-order valence-electron chi connectivity index (χ0n) is 11.7. The van der Waals surface area contributed by atoms with Gasteiger partial charge < -0.3 is 10.2 Å². The minimum Gasteiger partial charge on any atom is -0.304 e. The molecule has 0 fully saturated rings. The third-order valence-corrected chi connectivity index (χ3v) is 3.31. The van der Waals surface area contributed by atoms with Gasteiger partial charge in [-0.2, -0.15) is 5.26 Å². The number of nitrogens with one attached hydrogen (secondary N) is 1. The Morgan fingerprint density at radius 3 is 2.31 bits per heavy atom. The SMILES string of the molecule is CNC(C)(C#N)CC(C)N(C)CCC(C)C. The molecule has 0 spiro atoms. The van der Waals surface area contributed by atoms with Crippen LogP contribution < -0.4 is 5.32 Å². The number of nitriles is 1. The van der Waals surface area contributed by atoms with Gasteiger partial charge in [-0.05, 0) is 53.2 Å². The molecule has 0 aromatic heterocycles. The number of hydrogen-bond donors (Lipinski definition) is 1. The Kier molecular flexibility index (Phi) is 6.62. The Balaban J connectivity index is 4.14. The average Bonchev–Trinajstić information content (AvgIpc) is 2.25. The van der Waals surface area contributed by atoms with Crippen LogP contribution in [0.4, 0.5) is 0 Å². The van der Waals surface area contributed by atoms with E-state index in [1.165, 1.54) is 6.42 Å². The molecule has 2 unspecified atom stereocenters. The fourth-order valence-corrected chi connectivity index (χ4v) is 1.63. The van der Waals surface area contributed by atoms with Crippen molar-refractivity contribution in [2.75, 3.05) is 20.6 Å². The summed E-state index contributed by atoms with van der Waals surface area (Å²) in [7, 11) is 3.99. The Labute approximate surface area is 101 Å². The van der Waals surface area contributed by atoms with Crippen LogP contribution in [0.5, 0.6) is 0 Å². The van der Waals surface area contributed by atoms with E-state index in [1.807, 2.05) is 14.0 Å². The Morgan fingerprint density at radius 2 is 1.94 bits per heavy atom. The van der Waals surface area contributed by atoms with Gasteiger partial charge in [0, 0.05) is 6.04 Å². The van der Waals surface area contributed by atoms with E-state index in [4.69, 9.17) is 5.26 Å². The van der Waals surface area contributed by atoms with Gasteiger partial charge in [-0.1, -0.05) is 13.8 Å². The molecule has 0 amide bonds. The first-order chi connectivity index (χ1) is 7.34. The molecule has 94 valence electrons. The van der Waals surface area contributed by atoms with E-state index in [0.29, 0.717) is 6.04 Å². The molecule has 0 aromatic rings. The zero-order chi connectivity index (χ0) is 12.8. The Hall–Kier alpha value is -0.590. The molecular formula is C13H27N3. The van der Waals surface area contributed by atoms with E-state index in [1.54, 1.807) is 0 Å². The Bertz CT molecular complexity index is 232. The highest BCUT2D eigenvalue weighted by atomic mass is 15.1. The number of hydrogen-bond acceptors (Lipinski definition) is 3. The van der Waals surface area contributed by atoms with Crippen LogP contribution >= 0.6 is 0 Å². The van der Waals surface area contributed by atoms with E-state index in [2.05, 4.69) is 44.1 Å². The molecule has 2 atom stereocenters. The maximum Gasteiger partial charge on any atom is 0.105 e. The molecule has 3 nitrogen and oxygen atoms in total. The summed E-state index contributed by atoms with van der Waals surface area (Å²) in [5.41, 5.74) is -0.411. The second-order valence-corrected chi connectivity index (χ2v) is 5.41. The molecule has 16 heavy (non-hydrogen) atoms. The van der Waals surface area contributed by atoms with Gasteiger partial charge >= 0.3 is 0 Å². The lowest BCUT2D eigenvalue weighted by molar-refractivity contribution is 0.207. The maximum absolute atomic E-state index is 9.10. The molecule has 0 aromatic carbocycles. The van der Waals surface area contributed by atoms with E-state index < -0.39 is 5.54 Å². The van der Waals surface area contributed by atoms with Crippen LogP contribution in [0.2, 0.25) is 0 Å². The summed E-state index contributed by atoms with van der Waals surface area (Å²) in [4.78, 5) is 2.34. The standard InChI is InChI=1S/C13H27N3/c1-11(2)7-8-16(6)12(3)9-13(4,10-14)15-5/h11-12,15H,7-9H2,1-6H3. The average molecular weight is 225 g/mol. The normalized spacial score (nSPS) is 17.2. The van der Waals surface area contributed by atoms with E-state index in [0.717, 1.165) is 18.9 Å². The first-order valence-electron chi connectivity index (χ1n) is 6.15. The number of nitrogens with zero attached hydrogens (tertiary/aromatic N) is 2. The molecule has 0 saturated heterocycles. The summed E-state index contributed by atoms with van der Waals surface area (Å²) >= 11 is 0. The summed E-state index contributed by atoms with van der Waals surface area (Å²) in [6.45, 7) is 9.73. The van der Waals surface area contributed by atoms with Crippen molar-refractivity contribution < 1.29 is 0 Å². The maximum atomic E-state index is 9.10. The van der Waals surface area contributed by atoms with Crippen LogP contribution in [-0.4, -0.2) is 37.1 Å². The van der Waals surface area contributed by atoms with Gasteiger partial charge in [-0.15, -0.1) is 0 Å². The van der Waals surface area contributed by atoms with Crippen LogP contribution in [-0.2, 0) is 0 Å². The fraction of sp³-hybridized carbons (Fsp3) is 0.923. The molecule has 0 aliphatic carbocycles. The topological polar surface area (TPSA) is 39.1 Å². The van der Waals surface area contributed by atoms with Gasteiger partial charge in [0.15, 0.2) is 0 Å². The quantitative estimate of drug-likeness (QED) is 0.722. The van der Waals surface area contributed by atoms with Crippen molar-refractivity contribution in [3.63, 3.8) is 0 Å². The summed E-state index contributed by atoms with van der Waals surface area (Å²) in [5.74, 6) is 0.737. The number of rotatable bonds is 7. The van der Waals surface area contributed by atoms with Gasteiger partial charge in [0.2, 0.25) is 0 Å². The van der Waals surface area contributed by atoms with Gasteiger partial charge in [0.1, 0.15) is 5.54 Å². The molecule has 0 saturated carbocycles. The third kappa shape index (κ3) is 5.48. The van der Waals surface area contributed by atoms with Crippen molar-refractivity contribution in [1.82, 2.24) is 10.2 Å². The van der Waals surface area contributed by atoms with Crippen molar-refractivity contribution in [2.45, 2.75) is 52.1 Å². The van der Waals surface area contributed by atoms with Crippen LogP contribution in [0, 0.1) is 17.2 Å². The molecule has 0 bridgehead atoms. The second-order valence-electron chi connectivity index (χ2n) is 5.41. The van der Waals surface area contributed by atoms with Crippen LogP contribution in [0.25, 0.3) is 0 Å². The van der Waals surface area contributed by atoms with Crippen molar-refractivity contribution in [3.05, 3.63) is 0 Å². The molecule has 1 N–H and O–H groups in total. The minimum atomic E-state index is -0.411. The zero-order valence-corrected chi connectivity index (χ0v) is 11.7. The molecule has 0 heterocycles. The minimum absolute atomic E-state index is 0.411. The van der Waals surface area contributed by atoms with Crippen molar-refractivity contribution in [3.8, 4) is 6.07 Å². The van der Waals surface area contributed by atoms with E-state index in [-0.39, 0.29) is 0 Å². The first-order valence-corrected chi connectivity index (χ1v) is 6.15. The van der Waals surface area contributed by atoms with Gasteiger partial charge in [-0.3, -0.25) is 0 Å². The van der Waals surface area contributed by atoms with Crippen LogP contribution in [0.15, 0.2) is 0 Å². The lowest BCUT2D eigenvalue weighted by Gasteiger charge is -2.31. The van der Waals surface area contributed by atoms with Gasteiger partial charge in [0.05, 0.1) is 6.07 Å². The molecule has 0 rings (SSSR count). The van der Waals surface area contributed by atoms with E-state index >= 15 is 0 Å². The predicted octanol–water partition coefficient (Wildman–Crippen LogP) is 2.24. The van der Waals surface area contributed by atoms with Crippen molar-refractivity contribution in [1.29, 1.82) is 5.26 Å². The monoisotopic (exact) mass is 225 g/mol. The van der Waals surface area contributed by atoms with Crippen LogP contribution in [0.3, 0.4) is 0 Å². The molecule has 3 heteroatoms. The highest BCUT2D eigenvalue weighted by Gasteiger charge is 2.25.